The van der Waals surface area contributed by atoms with Crippen molar-refractivity contribution in [1.82, 2.24) is 4.57 Å². The second-order valence-corrected chi connectivity index (χ2v) is 7.13. The fourth-order valence-electron chi connectivity index (χ4n) is 3.56. The Morgan fingerprint density at radius 3 is 2.25 bits per heavy atom. The first-order valence-electron chi connectivity index (χ1n) is 8.99. The van der Waals surface area contributed by atoms with E-state index in [4.69, 9.17) is 16.3 Å². The van der Waals surface area contributed by atoms with Crippen LogP contribution in [0.15, 0.2) is 78.9 Å². The van der Waals surface area contributed by atoms with Crippen LogP contribution in [-0.4, -0.2) is 4.57 Å². The molecule has 0 fully saturated rings. The molecule has 0 saturated carbocycles. The van der Waals surface area contributed by atoms with Crippen LogP contribution in [0.1, 0.15) is 23.1 Å². The van der Waals surface area contributed by atoms with Crippen molar-refractivity contribution in [3.8, 4) is 0 Å². The number of para-hydroxylation sites is 2. The number of imidazole rings is 1. The van der Waals surface area contributed by atoms with Crippen molar-refractivity contribution in [3.05, 3.63) is 101 Å². The molecule has 1 atom stereocenters. The summed E-state index contributed by atoms with van der Waals surface area (Å²) < 4.78 is 10.9. The normalized spacial score (nSPS) is 12.0. The van der Waals surface area contributed by atoms with Gasteiger partial charge in [0.25, 0.3) is 5.82 Å². The Labute approximate surface area is 187 Å². The topological polar surface area (TPSA) is 18.0 Å². The fraction of sp³-hybridized carbons (Fsp3) is 0.174. The molecule has 1 aromatic heterocycles. The Balaban J connectivity index is 0.00000225. The molecule has 1 unspecified atom stereocenters. The molecule has 5 heteroatoms. The summed E-state index contributed by atoms with van der Waals surface area (Å²) in [6.45, 7) is 0.512. The summed E-state index contributed by atoms with van der Waals surface area (Å²) in [4.78, 5) is 0. The molecule has 0 spiro atoms. The Morgan fingerprint density at radius 2 is 1.57 bits per heavy atom. The summed E-state index contributed by atoms with van der Waals surface area (Å²) >= 11 is 6.01. The Bertz CT molecular complexity index is 1020. The number of hydrogen-bond acceptors (Lipinski definition) is 1. The highest BCUT2D eigenvalue weighted by molar-refractivity contribution is 6.30. The number of aryl methyl sites for hydroxylation is 2. The second kappa shape index (κ2) is 9.07. The molecule has 4 aromatic rings. The monoisotopic (exact) mass is 504 g/mol. The van der Waals surface area contributed by atoms with Crippen LogP contribution in [0, 0.1) is 0 Å². The van der Waals surface area contributed by atoms with Crippen molar-refractivity contribution in [2.24, 2.45) is 14.1 Å². The first-order valence-corrected chi connectivity index (χ1v) is 9.37. The van der Waals surface area contributed by atoms with Gasteiger partial charge in [0.2, 0.25) is 0 Å². The third-order valence-corrected chi connectivity index (χ3v) is 5.21. The summed E-state index contributed by atoms with van der Waals surface area (Å²) in [7, 11) is 4.19. The van der Waals surface area contributed by atoms with Crippen LogP contribution in [0.25, 0.3) is 11.0 Å². The average Bonchev–Trinajstić information content (AvgIpc) is 2.96. The highest BCUT2D eigenvalue weighted by Gasteiger charge is 2.30. The number of nitrogens with zero attached hydrogens (tertiary/aromatic N) is 2. The van der Waals surface area contributed by atoms with Crippen molar-refractivity contribution in [3.63, 3.8) is 0 Å². The maximum absolute atomic E-state index is 6.45. The molecule has 0 aliphatic rings. The lowest BCUT2D eigenvalue weighted by Gasteiger charge is -2.16. The number of fused-ring (bicyclic) bond motifs is 1. The van der Waals surface area contributed by atoms with Gasteiger partial charge in [0.1, 0.15) is 0 Å². The lowest BCUT2D eigenvalue weighted by molar-refractivity contribution is -0.657. The summed E-state index contributed by atoms with van der Waals surface area (Å²) in [5.41, 5.74) is 4.60. The van der Waals surface area contributed by atoms with E-state index < -0.39 is 0 Å². The van der Waals surface area contributed by atoms with Gasteiger partial charge in [-0.15, -0.1) is 0 Å². The number of halogens is 2. The van der Waals surface area contributed by atoms with Crippen molar-refractivity contribution in [2.45, 2.75) is 12.7 Å². The largest absolute Gasteiger partial charge is 1.00 e. The third-order valence-electron chi connectivity index (χ3n) is 4.96. The number of ether oxygens (including phenoxy) is 1. The zero-order valence-corrected chi connectivity index (χ0v) is 18.8. The summed E-state index contributed by atoms with van der Waals surface area (Å²) in [5.74, 6) is 1.11. The van der Waals surface area contributed by atoms with E-state index in [9.17, 15) is 0 Å². The standard InChI is InChI=1S/C23H22ClN2O.HI/c1-25-20-10-6-7-11-21(20)26(2)23(25)22(18-8-4-3-5-9-18)27-16-17-12-14-19(24)15-13-17;/h3-15,22H,16H2,1-2H3;1H/q+1;/p-1. The van der Waals surface area contributed by atoms with Gasteiger partial charge < -0.3 is 28.7 Å². The van der Waals surface area contributed by atoms with E-state index in [1.54, 1.807) is 0 Å². The van der Waals surface area contributed by atoms with Gasteiger partial charge in [0.15, 0.2) is 17.1 Å². The van der Waals surface area contributed by atoms with Crippen LogP contribution in [-0.2, 0) is 25.4 Å². The zero-order valence-electron chi connectivity index (χ0n) is 15.8. The highest BCUT2D eigenvalue weighted by Crippen LogP contribution is 2.28. The van der Waals surface area contributed by atoms with Crippen LogP contribution in [0.4, 0.5) is 0 Å². The summed E-state index contributed by atoms with van der Waals surface area (Å²) in [5, 5.41) is 0.735. The highest BCUT2D eigenvalue weighted by atomic mass is 127. The maximum Gasteiger partial charge on any atom is 0.291 e. The van der Waals surface area contributed by atoms with Crippen molar-refractivity contribution >= 4 is 22.6 Å². The first-order chi connectivity index (χ1) is 13.1. The third kappa shape index (κ3) is 4.09. The van der Waals surface area contributed by atoms with Crippen LogP contribution in [0.3, 0.4) is 0 Å². The van der Waals surface area contributed by atoms with E-state index >= 15 is 0 Å². The minimum absolute atomic E-state index is 0. The second-order valence-electron chi connectivity index (χ2n) is 6.69. The van der Waals surface area contributed by atoms with Gasteiger partial charge in [-0.3, -0.25) is 0 Å². The summed E-state index contributed by atoms with van der Waals surface area (Å²) in [6.07, 6.45) is -0.177. The Kier molecular flexibility index (Phi) is 6.75. The number of rotatable bonds is 5. The van der Waals surface area contributed by atoms with E-state index in [0.29, 0.717) is 6.61 Å². The van der Waals surface area contributed by atoms with Gasteiger partial charge in [0.05, 0.1) is 20.7 Å². The van der Waals surface area contributed by atoms with E-state index in [2.05, 4.69) is 71.8 Å². The minimum Gasteiger partial charge on any atom is -1.00 e. The maximum atomic E-state index is 6.45. The van der Waals surface area contributed by atoms with Gasteiger partial charge in [-0.1, -0.05) is 66.2 Å². The fourth-order valence-corrected chi connectivity index (χ4v) is 3.69. The van der Waals surface area contributed by atoms with Crippen LogP contribution < -0.4 is 28.5 Å². The van der Waals surface area contributed by atoms with E-state index in [0.717, 1.165) is 22.0 Å². The minimum atomic E-state index is -0.177. The van der Waals surface area contributed by atoms with Crippen LogP contribution in [0.2, 0.25) is 5.02 Å². The molecule has 4 rings (SSSR count). The van der Waals surface area contributed by atoms with Gasteiger partial charge >= 0.3 is 0 Å². The number of aromatic nitrogens is 2. The van der Waals surface area contributed by atoms with Gasteiger partial charge in [-0.25, -0.2) is 9.13 Å². The molecule has 1 heterocycles. The Morgan fingerprint density at radius 1 is 0.929 bits per heavy atom. The molecule has 144 valence electrons. The SMILES string of the molecule is Cn1c(C(OCc2ccc(Cl)cc2)c2ccccc2)[n+](C)c2ccccc21.[I-]. The van der Waals surface area contributed by atoms with Gasteiger partial charge in [-0.05, 0) is 35.4 Å². The number of hydrogen-bond donors (Lipinski definition) is 0. The van der Waals surface area contributed by atoms with Crippen LogP contribution >= 0.6 is 11.6 Å². The molecule has 0 aliphatic carbocycles. The molecule has 0 amide bonds. The van der Waals surface area contributed by atoms with E-state index in [1.165, 1.54) is 11.0 Å². The lowest BCUT2D eigenvalue weighted by Crippen LogP contribution is -3.00. The molecule has 0 aliphatic heterocycles. The zero-order chi connectivity index (χ0) is 18.8. The lowest BCUT2D eigenvalue weighted by atomic mass is 10.1. The molecule has 0 N–H and O–H groups in total. The molecule has 28 heavy (non-hydrogen) atoms. The molecule has 3 nitrogen and oxygen atoms in total. The van der Waals surface area contributed by atoms with Crippen molar-refractivity contribution in [2.75, 3.05) is 0 Å². The molecule has 0 bridgehead atoms. The van der Waals surface area contributed by atoms with Crippen LogP contribution in [0.5, 0.6) is 0 Å². The predicted molar refractivity (Wildman–Crippen MR) is 109 cm³/mol. The van der Waals surface area contributed by atoms with Gasteiger partial charge in [-0.2, -0.15) is 0 Å². The van der Waals surface area contributed by atoms with E-state index in [-0.39, 0.29) is 30.1 Å². The molecular formula is C23H22ClIN2O. The van der Waals surface area contributed by atoms with Crippen molar-refractivity contribution in [1.29, 1.82) is 0 Å². The molecular weight excluding hydrogens is 483 g/mol. The first kappa shape index (κ1) is 20.8. The Hall–Kier alpha value is -1.89. The quantitative estimate of drug-likeness (QED) is 0.300. The summed E-state index contributed by atoms with van der Waals surface area (Å²) in [6, 6.07) is 26.6. The smallest absolute Gasteiger partial charge is 0.291 e. The molecule has 0 saturated heterocycles. The number of benzene rings is 3. The van der Waals surface area contributed by atoms with Gasteiger partial charge in [0, 0.05) is 5.02 Å². The van der Waals surface area contributed by atoms with E-state index in [1.807, 2.05) is 30.3 Å². The average molecular weight is 505 g/mol. The predicted octanol–water partition coefficient (Wildman–Crippen LogP) is 1.97. The van der Waals surface area contributed by atoms with Crippen molar-refractivity contribution < 1.29 is 33.3 Å². The molecule has 0 radical (unpaired) electrons. The molecule has 3 aromatic carbocycles.